The van der Waals surface area contributed by atoms with Gasteiger partial charge in [0.1, 0.15) is 12.1 Å². The molecule has 1 aliphatic heterocycles. The molecule has 0 radical (unpaired) electrons. The summed E-state index contributed by atoms with van der Waals surface area (Å²) in [5.41, 5.74) is -0.585. The number of benzene rings is 2. The van der Waals surface area contributed by atoms with Crippen molar-refractivity contribution in [3.8, 4) is 0 Å². The molecule has 1 aliphatic carbocycles. The van der Waals surface area contributed by atoms with E-state index in [1.54, 1.807) is 6.92 Å². The van der Waals surface area contributed by atoms with E-state index < -0.39 is 29.4 Å². The van der Waals surface area contributed by atoms with Gasteiger partial charge in [-0.2, -0.15) is 5.21 Å². The Kier molecular flexibility index (Phi) is 5.27. The van der Waals surface area contributed by atoms with Crippen molar-refractivity contribution in [1.29, 1.82) is 0 Å². The lowest BCUT2D eigenvalue weighted by atomic mass is 9.90. The lowest BCUT2D eigenvalue weighted by molar-refractivity contribution is -0.135. The summed E-state index contributed by atoms with van der Waals surface area (Å²) in [4.78, 5) is 39.9. The number of carbonyl (C=O) groups excluding carboxylic acids is 3. The second kappa shape index (κ2) is 8.27. The van der Waals surface area contributed by atoms with Crippen LogP contribution >= 0.6 is 0 Å². The van der Waals surface area contributed by atoms with Crippen LogP contribution in [0.5, 0.6) is 0 Å². The first kappa shape index (κ1) is 21.0. The third-order valence-corrected chi connectivity index (χ3v) is 6.73. The van der Waals surface area contributed by atoms with E-state index in [9.17, 15) is 14.4 Å². The Bertz CT molecular complexity index is 1210. The lowest BCUT2D eigenvalue weighted by Gasteiger charge is -2.24. The molecule has 0 spiro atoms. The highest BCUT2D eigenvalue weighted by Crippen LogP contribution is 2.35. The van der Waals surface area contributed by atoms with E-state index in [-0.39, 0.29) is 12.5 Å². The summed E-state index contributed by atoms with van der Waals surface area (Å²) in [7, 11) is 0. The first-order chi connectivity index (χ1) is 16.0. The topological polar surface area (TPSA) is 133 Å². The van der Waals surface area contributed by atoms with Gasteiger partial charge in [0.25, 0.3) is 5.91 Å². The molecule has 170 valence electrons. The van der Waals surface area contributed by atoms with Crippen LogP contribution in [0.15, 0.2) is 42.5 Å². The second-order valence-corrected chi connectivity index (χ2v) is 8.87. The van der Waals surface area contributed by atoms with E-state index in [1.165, 1.54) is 0 Å². The minimum atomic E-state index is -1.25. The molecule has 10 heteroatoms. The molecule has 5 rings (SSSR count). The summed E-state index contributed by atoms with van der Waals surface area (Å²) in [6.07, 6.45) is 4.04. The maximum Gasteiger partial charge on any atom is 0.325 e. The van der Waals surface area contributed by atoms with E-state index in [4.69, 9.17) is 0 Å². The van der Waals surface area contributed by atoms with Gasteiger partial charge in [0, 0.05) is 0 Å². The average molecular weight is 447 g/mol. The molecule has 1 saturated heterocycles. The summed E-state index contributed by atoms with van der Waals surface area (Å²) in [5, 5.41) is 21.8. The van der Waals surface area contributed by atoms with E-state index in [0.717, 1.165) is 41.4 Å². The fourth-order valence-electron chi connectivity index (χ4n) is 4.88. The summed E-state index contributed by atoms with van der Waals surface area (Å²) in [5.74, 6) is -0.302. The Morgan fingerprint density at radius 3 is 2.67 bits per heavy atom. The van der Waals surface area contributed by atoms with E-state index in [1.807, 2.05) is 42.5 Å². The number of imide groups is 1. The number of rotatable bonds is 6. The van der Waals surface area contributed by atoms with Gasteiger partial charge in [-0.05, 0) is 48.1 Å². The molecule has 33 heavy (non-hydrogen) atoms. The highest BCUT2D eigenvalue weighted by Gasteiger charge is 2.49. The van der Waals surface area contributed by atoms with Crippen LogP contribution in [0.2, 0.25) is 0 Å². The first-order valence-corrected chi connectivity index (χ1v) is 11.1. The van der Waals surface area contributed by atoms with Gasteiger partial charge in [-0.1, -0.05) is 54.5 Å². The van der Waals surface area contributed by atoms with Crippen molar-refractivity contribution >= 4 is 28.6 Å². The molecule has 3 N–H and O–H groups in total. The van der Waals surface area contributed by atoms with Crippen molar-refractivity contribution in [2.24, 2.45) is 5.92 Å². The van der Waals surface area contributed by atoms with Crippen molar-refractivity contribution in [3.05, 3.63) is 53.9 Å². The highest BCUT2D eigenvalue weighted by atomic mass is 16.2. The van der Waals surface area contributed by atoms with Crippen LogP contribution in [0.4, 0.5) is 4.79 Å². The van der Waals surface area contributed by atoms with Crippen LogP contribution in [0.25, 0.3) is 10.8 Å². The van der Waals surface area contributed by atoms with Crippen molar-refractivity contribution in [3.63, 3.8) is 0 Å². The molecule has 2 atom stereocenters. The summed E-state index contributed by atoms with van der Waals surface area (Å²) >= 11 is 0. The predicted octanol–water partition coefficient (Wildman–Crippen LogP) is 2.17. The zero-order valence-electron chi connectivity index (χ0n) is 18.2. The number of nitrogens with zero attached hydrogens (tertiary/aromatic N) is 4. The number of amides is 4. The van der Waals surface area contributed by atoms with Gasteiger partial charge in [-0.15, -0.1) is 10.2 Å². The third-order valence-electron chi connectivity index (χ3n) is 6.73. The van der Waals surface area contributed by atoms with Crippen LogP contribution in [-0.2, 0) is 15.1 Å². The molecular weight excluding hydrogens is 422 g/mol. The molecule has 2 aliphatic rings. The Balaban J connectivity index is 1.33. The number of hydrogen-bond donors (Lipinski definition) is 3. The van der Waals surface area contributed by atoms with Crippen LogP contribution in [0, 0.1) is 5.92 Å². The highest BCUT2D eigenvalue weighted by molar-refractivity contribution is 6.09. The molecule has 2 aromatic carbocycles. The second-order valence-electron chi connectivity index (χ2n) is 8.87. The Hall–Kier alpha value is -3.82. The molecular formula is C23H25N7O3. The summed E-state index contributed by atoms with van der Waals surface area (Å²) in [6, 6.07) is 12.4. The maximum absolute atomic E-state index is 13.3. The van der Waals surface area contributed by atoms with Crippen molar-refractivity contribution in [2.45, 2.75) is 44.2 Å². The van der Waals surface area contributed by atoms with Gasteiger partial charge in [0.05, 0.1) is 6.04 Å². The predicted molar refractivity (Wildman–Crippen MR) is 119 cm³/mol. The number of hydrogen-bond acceptors (Lipinski definition) is 6. The van der Waals surface area contributed by atoms with E-state index in [0.29, 0.717) is 11.4 Å². The maximum atomic E-state index is 13.3. The molecule has 1 aromatic heterocycles. The molecule has 2 unspecified atom stereocenters. The zero-order valence-corrected chi connectivity index (χ0v) is 18.2. The number of nitrogens with one attached hydrogen (secondary N) is 3. The molecule has 0 bridgehead atoms. The molecule has 10 nitrogen and oxygen atoms in total. The van der Waals surface area contributed by atoms with Crippen molar-refractivity contribution in [2.75, 3.05) is 6.54 Å². The fourth-order valence-corrected chi connectivity index (χ4v) is 4.88. The van der Waals surface area contributed by atoms with Crippen molar-refractivity contribution in [1.82, 2.24) is 36.2 Å². The monoisotopic (exact) mass is 447 g/mol. The first-order valence-electron chi connectivity index (χ1n) is 11.1. The number of aromatic amines is 1. The zero-order chi connectivity index (χ0) is 23.0. The molecule has 4 amide bonds. The molecule has 2 fully saturated rings. The smallest absolute Gasteiger partial charge is 0.325 e. The normalized spacial score (nSPS) is 22.0. The number of aromatic nitrogens is 4. The SMILES string of the molecule is CC1(c2ccc3ccccc3c2)NC(=O)N(CC(=O)NC(c2nn[nH]n2)C2CCCC2)C1=O. The third kappa shape index (κ3) is 3.81. The Labute approximate surface area is 190 Å². The Morgan fingerprint density at radius 2 is 1.94 bits per heavy atom. The number of fused-ring (bicyclic) bond motifs is 1. The molecule has 1 saturated carbocycles. The van der Waals surface area contributed by atoms with Gasteiger partial charge < -0.3 is 10.6 Å². The number of H-pyrrole nitrogens is 1. The standard InChI is InChI=1S/C23H25N7O3/c1-23(17-11-10-14-6-2-5-9-16(14)12-17)21(32)30(22(33)25-23)13-18(31)24-19(15-7-3-4-8-15)20-26-28-29-27-20/h2,5-6,9-12,15,19H,3-4,7-8,13H2,1H3,(H,24,31)(H,25,33)(H,26,27,28,29). The minimum absolute atomic E-state index is 0.192. The minimum Gasteiger partial charge on any atom is -0.344 e. The van der Waals surface area contributed by atoms with Crippen LogP contribution < -0.4 is 10.6 Å². The summed E-state index contributed by atoms with van der Waals surface area (Å²) < 4.78 is 0. The lowest BCUT2D eigenvalue weighted by Crippen LogP contribution is -2.44. The van der Waals surface area contributed by atoms with Gasteiger partial charge in [0.2, 0.25) is 5.91 Å². The van der Waals surface area contributed by atoms with Gasteiger partial charge in [0.15, 0.2) is 5.82 Å². The summed E-state index contributed by atoms with van der Waals surface area (Å²) in [6.45, 7) is 1.28. The molecule has 2 heterocycles. The van der Waals surface area contributed by atoms with Crippen molar-refractivity contribution < 1.29 is 14.4 Å². The largest absolute Gasteiger partial charge is 0.344 e. The quantitative estimate of drug-likeness (QED) is 0.496. The van der Waals surface area contributed by atoms with Gasteiger partial charge >= 0.3 is 6.03 Å². The molecule has 3 aromatic rings. The van der Waals surface area contributed by atoms with E-state index in [2.05, 4.69) is 31.3 Å². The van der Waals surface area contributed by atoms with Gasteiger partial charge in [-0.3, -0.25) is 14.5 Å². The van der Waals surface area contributed by atoms with Gasteiger partial charge in [-0.25, -0.2) is 4.79 Å². The van der Waals surface area contributed by atoms with E-state index >= 15 is 0 Å². The van der Waals surface area contributed by atoms with Crippen LogP contribution in [0.3, 0.4) is 0 Å². The Morgan fingerprint density at radius 1 is 1.18 bits per heavy atom. The fraction of sp³-hybridized carbons (Fsp3) is 0.391. The number of urea groups is 1. The number of tetrazole rings is 1. The number of carbonyl (C=O) groups is 3. The van der Waals surface area contributed by atoms with Crippen LogP contribution in [0.1, 0.15) is 50.0 Å². The van der Waals surface area contributed by atoms with Crippen LogP contribution in [-0.4, -0.2) is 49.9 Å². The average Bonchev–Trinajstić information content (AvgIpc) is 3.58.